The van der Waals surface area contributed by atoms with Gasteiger partial charge >= 0.3 is 0 Å². The molecule has 1 rings (SSSR count). The maximum absolute atomic E-state index is 11.6. The van der Waals surface area contributed by atoms with E-state index in [1.54, 1.807) is 24.0 Å². The van der Waals surface area contributed by atoms with Gasteiger partial charge in [-0.1, -0.05) is 17.7 Å². The summed E-state index contributed by atoms with van der Waals surface area (Å²) in [5.41, 5.74) is 0.463. The third-order valence-corrected chi connectivity index (χ3v) is 3.05. The highest BCUT2D eigenvalue weighted by atomic mass is 35.5. The van der Waals surface area contributed by atoms with E-state index >= 15 is 0 Å². The fourth-order valence-electron chi connectivity index (χ4n) is 1.06. The van der Waals surface area contributed by atoms with Crippen LogP contribution in [0.4, 0.5) is 0 Å². The van der Waals surface area contributed by atoms with Gasteiger partial charge in [-0.05, 0) is 6.07 Å². The second-order valence-corrected chi connectivity index (χ2v) is 4.53. The molecule has 0 atom stereocenters. The van der Waals surface area contributed by atoms with E-state index in [9.17, 15) is 4.79 Å². The summed E-state index contributed by atoms with van der Waals surface area (Å²) >= 11 is 7.56. The Morgan fingerprint density at radius 2 is 2.50 bits per heavy atom. The van der Waals surface area contributed by atoms with Crippen LogP contribution < -0.4 is 5.32 Å². The SMILES string of the molecule is C=CCSCCNC(=O)c1ccncc1Cl. The quantitative estimate of drug-likeness (QED) is 0.628. The van der Waals surface area contributed by atoms with Gasteiger partial charge in [-0.15, -0.1) is 6.58 Å². The molecule has 1 heterocycles. The lowest BCUT2D eigenvalue weighted by molar-refractivity contribution is 0.0956. The van der Waals surface area contributed by atoms with E-state index < -0.39 is 0 Å². The second-order valence-electron chi connectivity index (χ2n) is 2.98. The first-order valence-electron chi connectivity index (χ1n) is 4.82. The molecule has 0 bridgehead atoms. The highest BCUT2D eigenvalue weighted by Crippen LogP contribution is 2.12. The Morgan fingerprint density at radius 3 is 3.19 bits per heavy atom. The molecule has 5 heteroatoms. The van der Waals surface area contributed by atoms with E-state index in [1.807, 2.05) is 6.08 Å². The molecule has 1 N–H and O–H groups in total. The van der Waals surface area contributed by atoms with Crippen LogP contribution in [0.5, 0.6) is 0 Å². The Morgan fingerprint density at radius 1 is 1.69 bits per heavy atom. The van der Waals surface area contributed by atoms with Crippen LogP contribution in [0.3, 0.4) is 0 Å². The van der Waals surface area contributed by atoms with Gasteiger partial charge in [-0.3, -0.25) is 9.78 Å². The zero-order valence-electron chi connectivity index (χ0n) is 8.78. The Hall–Kier alpha value is -1.00. The smallest absolute Gasteiger partial charge is 0.252 e. The molecule has 1 aromatic rings. The monoisotopic (exact) mass is 256 g/mol. The average Bonchev–Trinajstić information content (AvgIpc) is 2.29. The largest absolute Gasteiger partial charge is 0.351 e. The minimum absolute atomic E-state index is 0.161. The summed E-state index contributed by atoms with van der Waals surface area (Å²) in [5.74, 6) is 1.60. The third kappa shape index (κ3) is 4.24. The van der Waals surface area contributed by atoms with Gasteiger partial charge in [0, 0.05) is 30.4 Å². The van der Waals surface area contributed by atoms with Crippen molar-refractivity contribution in [2.24, 2.45) is 0 Å². The standard InChI is InChI=1S/C11H13ClN2OS/c1-2-6-16-7-5-14-11(15)9-3-4-13-8-10(9)12/h2-4,8H,1,5-7H2,(H,14,15). The van der Waals surface area contributed by atoms with Crippen molar-refractivity contribution in [1.82, 2.24) is 10.3 Å². The van der Waals surface area contributed by atoms with Crippen LogP contribution in [0, 0.1) is 0 Å². The average molecular weight is 257 g/mol. The van der Waals surface area contributed by atoms with E-state index in [0.29, 0.717) is 17.1 Å². The molecule has 0 aliphatic carbocycles. The molecule has 3 nitrogen and oxygen atoms in total. The van der Waals surface area contributed by atoms with Gasteiger partial charge in [0.25, 0.3) is 5.91 Å². The van der Waals surface area contributed by atoms with E-state index in [2.05, 4.69) is 16.9 Å². The third-order valence-electron chi connectivity index (χ3n) is 1.78. The van der Waals surface area contributed by atoms with Gasteiger partial charge in [-0.2, -0.15) is 11.8 Å². The molecule has 0 aliphatic heterocycles. The summed E-state index contributed by atoms with van der Waals surface area (Å²) in [6.07, 6.45) is 4.85. The van der Waals surface area contributed by atoms with Gasteiger partial charge < -0.3 is 5.32 Å². The zero-order chi connectivity index (χ0) is 11.8. The lowest BCUT2D eigenvalue weighted by Gasteiger charge is -2.05. The van der Waals surface area contributed by atoms with Crippen molar-refractivity contribution in [3.63, 3.8) is 0 Å². The van der Waals surface area contributed by atoms with E-state index in [1.165, 1.54) is 6.20 Å². The molecule has 1 amide bonds. The van der Waals surface area contributed by atoms with Gasteiger partial charge in [0.15, 0.2) is 0 Å². The van der Waals surface area contributed by atoms with Crippen LogP contribution in [-0.2, 0) is 0 Å². The molecule has 0 radical (unpaired) electrons. The number of rotatable bonds is 6. The van der Waals surface area contributed by atoms with Crippen LogP contribution in [0.25, 0.3) is 0 Å². The number of hydrogen-bond acceptors (Lipinski definition) is 3. The Balaban J connectivity index is 2.36. The van der Waals surface area contributed by atoms with Gasteiger partial charge in [0.05, 0.1) is 10.6 Å². The van der Waals surface area contributed by atoms with Crippen molar-refractivity contribution in [2.45, 2.75) is 0 Å². The number of pyridine rings is 1. The molecular weight excluding hydrogens is 244 g/mol. The summed E-state index contributed by atoms with van der Waals surface area (Å²) in [5, 5.41) is 3.17. The Bertz CT molecular complexity index is 371. The van der Waals surface area contributed by atoms with E-state index in [-0.39, 0.29) is 5.91 Å². The van der Waals surface area contributed by atoms with Crippen LogP contribution in [-0.4, -0.2) is 28.9 Å². The van der Waals surface area contributed by atoms with Gasteiger partial charge in [0.1, 0.15) is 0 Å². The first kappa shape index (κ1) is 13.1. The number of carbonyl (C=O) groups is 1. The lowest BCUT2D eigenvalue weighted by Crippen LogP contribution is -2.26. The van der Waals surface area contributed by atoms with E-state index in [0.717, 1.165) is 11.5 Å². The molecular formula is C11H13ClN2OS. The first-order chi connectivity index (χ1) is 7.75. The predicted octanol–water partition coefficient (Wildman–Crippen LogP) is 2.38. The van der Waals surface area contributed by atoms with Crippen molar-refractivity contribution in [3.05, 3.63) is 41.7 Å². The summed E-state index contributed by atoms with van der Waals surface area (Å²) in [7, 11) is 0. The minimum Gasteiger partial charge on any atom is -0.351 e. The van der Waals surface area contributed by atoms with Crippen LogP contribution in [0.2, 0.25) is 5.02 Å². The summed E-state index contributed by atoms with van der Waals surface area (Å²) in [4.78, 5) is 15.5. The molecule has 0 saturated carbocycles. The van der Waals surface area contributed by atoms with Crippen LogP contribution >= 0.6 is 23.4 Å². The lowest BCUT2D eigenvalue weighted by atomic mass is 10.2. The number of amides is 1. The molecule has 0 aliphatic rings. The van der Waals surface area contributed by atoms with Gasteiger partial charge in [0.2, 0.25) is 0 Å². The van der Waals surface area contributed by atoms with Crippen molar-refractivity contribution >= 4 is 29.3 Å². The second kappa shape index (κ2) is 7.30. The first-order valence-corrected chi connectivity index (χ1v) is 6.35. The Kier molecular flexibility index (Phi) is 5.96. The van der Waals surface area contributed by atoms with Crippen LogP contribution in [0.15, 0.2) is 31.1 Å². The van der Waals surface area contributed by atoms with Crippen molar-refractivity contribution in [1.29, 1.82) is 0 Å². The highest BCUT2D eigenvalue weighted by Gasteiger charge is 2.08. The van der Waals surface area contributed by atoms with Gasteiger partial charge in [-0.25, -0.2) is 0 Å². The number of hydrogen-bond donors (Lipinski definition) is 1. The van der Waals surface area contributed by atoms with Crippen molar-refractivity contribution in [2.75, 3.05) is 18.1 Å². The normalized spacial score (nSPS) is 9.81. The number of aromatic nitrogens is 1. The number of nitrogens with one attached hydrogen (secondary N) is 1. The van der Waals surface area contributed by atoms with E-state index in [4.69, 9.17) is 11.6 Å². The Labute approximate surface area is 104 Å². The van der Waals surface area contributed by atoms with Crippen molar-refractivity contribution < 1.29 is 4.79 Å². The molecule has 86 valence electrons. The van der Waals surface area contributed by atoms with Crippen LogP contribution in [0.1, 0.15) is 10.4 Å². The summed E-state index contributed by atoms with van der Waals surface area (Å²) in [6.45, 7) is 4.24. The summed E-state index contributed by atoms with van der Waals surface area (Å²) < 4.78 is 0. The minimum atomic E-state index is -0.161. The fourth-order valence-corrected chi connectivity index (χ4v) is 1.84. The molecule has 0 aromatic carbocycles. The molecule has 1 aromatic heterocycles. The molecule has 0 fully saturated rings. The number of halogens is 1. The molecule has 0 spiro atoms. The predicted molar refractivity (Wildman–Crippen MR) is 69.1 cm³/mol. The fraction of sp³-hybridized carbons (Fsp3) is 0.273. The number of nitrogens with zero attached hydrogens (tertiary/aromatic N) is 1. The maximum atomic E-state index is 11.6. The topological polar surface area (TPSA) is 42.0 Å². The van der Waals surface area contributed by atoms with Crippen molar-refractivity contribution in [3.8, 4) is 0 Å². The molecule has 0 unspecified atom stereocenters. The number of thioether (sulfide) groups is 1. The maximum Gasteiger partial charge on any atom is 0.252 e. The highest BCUT2D eigenvalue weighted by molar-refractivity contribution is 7.99. The zero-order valence-corrected chi connectivity index (χ0v) is 10.4. The summed E-state index contributed by atoms with van der Waals surface area (Å²) in [6, 6.07) is 1.61. The molecule has 16 heavy (non-hydrogen) atoms. The molecule has 0 saturated heterocycles. The number of carbonyl (C=O) groups excluding carboxylic acids is 1.